The molecule has 0 atom stereocenters. The average molecular weight is 377 g/mol. The first-order valence-corrected chi connectivity index (χ1v) is 7.41. The van der Waals surface area contributed by atoms with E-state index in [-0.39, 0.29) is 0 Å². The van der Waals surface area contributed by atoms with E-state index >= 15 is 0 Å². The Morgan fingerprint density at radius 3 is 2.90 bits per heavy atom. The zero-order valence-electron chi connectivity index (χ0n) is 10.7. The normalized spacial score (nSPS) is 12.8. The molecule has 0 aliphatic heterocycles. The third kappa shape index (κ3) is 2.43. The Labute approximate surface area is 130 Å². The number of halogens is 1. The Morgan fingerprint density at radius 2 is 2.15 bits per heavy atom. The smallest absolute Gasteiger partial charge is 0.219 e. The first kappa shape index (κ1) is 13.2. The van der Waals surface area contributed by atoms with E-state index < -0.39 is 0 Å². The van der Waals surface area contributed by atoms with E-state index in [1.165, 1.54) is 5.56 Å². The van der Waals surface area contributed by atoms with Gasteiger partial charge in [0, 0.05) is 11.8 Å². The molecule has 2 aromatic rings. The molecule has 0 unspecified atom stereocenters. The number of nitrogens with zero attached hydrogens (tertiary/aromatic N) is 2. The highest BCUT2D eigenvalue weighted by Crippen LogP contribution is 2.33. The Hall–Kier alpha value is -1.81. The third-order valence-electron chi connectivity index (χ3n) is 3.31. The first-order valence-electron chi connectivity index (χ1n) is 6.33. The second-order valence-corrected chi connectivity index (χ2v) is 5.86. The lowest BCUT2D eigenvalue weighted by Gasteiger charge is -2.11. The van der Waals surface area contributed by atoms with Crippen LogP contribution < -0.4 is 10.5 Å². The molecule has 0 bridgehead atoms. The van der Waals surface area contributed by atoms with Crippen molar-refractivity contribution >= 4 is 28.3 Å². The molecule has 4 nitrogen and oxygen atoms in total. The number of benzene rings is 1. The van der Waals surface area contributed by atoms with Gasteiger partial charge in [0.15, 0.2) is 5.75 Å². The van der Waals surface area contributed by atoms with Gasteiger partial charge in [0.05, 0.1) is 20.9 Å². The molecule has 1 aliphatic carbocycles. The fourth-order valence-electron chi connectivity index (χ4n) is 2.35. The van der Waals surface area contributed by atoms with Crippen molar-refractivity contribution in [2.24, 2.45) is 0 Å². The number of nitriles is 1. The van der Waals surface area contributed by atoms with Gasteiger partial charge in [0.2, 0.25) is 5.88 Å². The molecule has 0 amide bonds. The number of rotatable bonds is 2. The van der Waals surface area contributed by atoms with Crippen molar-refractivity contribution < 1.29 is 4.74 Å². The molecule has 1 aromatic heterocycles. The largest absolute Gasteiger partial charge is 0.436 e. The predicted octanol–water partition coefficient (Wildman–Crippen LogP) is 3.42. The topological polar surface area (TPSA) is 71.9 Å². The summed E-state index contributed by atoms with van der Waals surface area (Å²) in [4.78, 5) is 4.53. The lowest BCUT2D eigenvalue weighted by molar-refractivity contribution is 0.460. The van der Waals surface area contributed by atoms with Crippen LogP contribution in [-0.4, -0.2) is 4.98 Å². The van der Waals surface area contributed by atoms with E-state index in [9.17, 15) is 0 Å². The molecule has 0 saturated heterocycles. The summed E-state index contributed by atoms with van der Waals surface area (Å²) in [6, 6.07) is 9.38. The van der Waals surface area contributed by atoms with Crippen LogP contribution in [0.15, 0.2) is 24.3 Å². The number of aryl methyl sites for hydroxylation is 2. The first-order chi connectivity index (χ1) is 9.67. The monoisotopic (exact) mass is 377 g/mol. The molecule has 3 rings (SSSR count). The van der Waals surface area contributed by atoms with Gasteiger partial charge in [-0.2, -0.15) is 5.26 Å². The molecule has 1 aromatic carbocycles. The maximum absolute atomic E-state index is 8.91. The number of hydrogen-bond donors (Lipinski definition) is 1. The van der Waals surface area contributed by atoms with Gasteiger partial charge in [-0.15, -0.1) is 0 Å². The van der Waals surface area contributed by atoms with Crippen LogP contribution >= 0.6 is 22.6 Å². The third-order valence-corrected chi connectivity index (χ3v) is 4.11. The second kappa shape index (κ2) is 5.29. The number of fused-ring (bicyclic) bond motifs is 1. The predicted molar refractivity (Wildman–Crippen MR) is 84.6 cm³/mol. The van der Waals surface area contributed by atoms with E-state index in [0.29, 0.717) is 22.9 Å². The van der Waals surface area contributed by atoms with E-state index in [1.807, 2.05) is 6.07 Å². The van der Waals surface area contributed by atoms with Crippen LogP contribution in [0.25, 0.3) is 0 Å². The molecule has 0 spiro atoms. The summed E-state index contributed by atoms with van der Waals surface area (Å²) in [7, 11) is 0. The SMILES string of the molecule is N#Cc1cc(N)c(Oc2ccc3c(n2)CCC3)c(I)c1. The summed E-state index contributed by atoms with van der Waals surface area (Å²) < 4.78 is 6.62. The van der Waals surface area contributed by atoms with Crippen molar-refractivity contribution in [1.82, 2.24) is 4.98 Å². The fraction of sp³-hybridized carbons (Fsp3) is 0.200. The molecule has 20 heavy (non-hydrogen) atoms. The van der Waals surface area contributed by atoms with Gasteiger partial charge in [-0.05, 0) is 59.5 Å². The summed E-state index contributed by atoms with van der Waals surface area (Å²) in [5.41, 5.74) is 9.35. The molecule has 2 N–H and O–H groups in total. The van der Waals surface area contributed by atoms with E-state index in [2.05, 4.69) is 39.7 Å². The fourth-order valence-corrected chi connectivity index (χ4v) is 3.11. The second-order valence-electron chi connectivity index (χ2n) is 4.70. The minimum atomic E-state index is 0.454. The molecule has 0 radical (unpaired) electrons. The van der Waals surface area contributed by atoms with Gasteiger partial charge < -0.3 is 10.5 Å². The van der Waals surface area contributed by atoms with Gasteiger partial charge in [-0.25, -0.2) is 4.98 Å². The Bertz CT molecular complexity index is 699. The molecule has 100 valence electrons. The van der Waals surface area contributed by atoms with Crippen molar-refractivity contribution in [3.63, 3.8) is 0 Å². The highest BCUT2D eigenvalue weighted by atomic mass is 127. The molecule has 5 heteroatoms. The van der Waals surface area contributed by atoms with Crippen LogP contribution in [0.2, 0.25) is 0 Å². The van der Waals surface area contributed by atoms with Crippen LogP contribution in [0.5, 0.6) is 11.6 Å². The highest BCUT2D eigenvalue weighted by molar-refractivity contribution is 14.1. The standard InChI is InChI=1S/C15H12IN3O/c16-11-6-9(8-17)7-12(18)15(11)20-14-5-4-10-2-1-3-13(10)19-14/h4-7H,1-3,18H2. The van der Waals surface area contributed by atoms with Gasteiger partial charge in [-0.3, -0.25) is 0 Å². The molecule has 0 saturated carbocycles. The summed E-state index contributed by atoms with van der Waals surface area (Å²) in [5.74, 6) is 1.12. The van der Waals surface area contributed by atoms with Gasteiger partial charge in [0.25, 0.3) is 0 Å². The average Bonchev–Trinajstić information content (AvgIpc) is 2.90. The lowest BCUT2D eigenvalue weighted by atomic mass is 10.2. The van der Waals surface area contributed by atoms with Crippen LogP contribution in [0.1, 0.15) is 23.2 Å². The Kier molecular flexibility index (Phi) is 3.49. The van der Waals surface area contributed by atoms with Gasteiger partial charge in [0.1, 0.15) is 0 Å². The zero-order valence-corrected chi connectivity index (χ0v) is 12.8. The molecule has 1 aliphatic rings. The van der Waals surface area contributed by atoms with E-state index in [4.69, 9.17) is 15.7 Å². The van der Waals surface area contributed by atoms with Crippen molar-refractivity contribution in [2.75, 3.05) is 5.73 Å². The van der Waals surface area contributed by atoms with Crippen LogP contribution in [0.4, 0.5) is 5.69 Å². The van der Waals surface area contributed by atoms with E-state index in [1.54, 1.807) is 12.1 Å². The number of anilines is 1. The highest BCUT2D eigenvalue weighted by Gasteiger charge is 2.15. The van der Waals surface area contributed by atoms with Gasteiger partial charge >= 0.3 is 0 Å². The van der Waals surface area contributed by atoms with E-state index in [0.717, 1.165) is 28.5 Å². The molecular weight excluding hydrogens is 365 g/mol. The molecule has 0 fully saturated rings. The maximum atomic E-state index is 8.91. The van der Waals surface area contributed by atoms with Gasteiger partial charge in [-0.1, -0.05) is 6.07 Å². The number of nitrogen functional groups attached to an aromatic ring is 1. The molecular formula is C15H12IN3O. The maximum Gasteiger partial charge on any atom is 0.219 e. The van der Waals surface area contributed by atoms with Crippen molar-refractivity contribution in [3.05, 3.63) is 44.7 Å². The number of ether oxygens (including phenoxy) is 1. The van der Waals surface area contributed by atoms with Crippen molar-refractivity contribution in [2.45, 2.75) is 19.3 Å². The summed E-state index contributed by atoms with van der Waals surface area (Å²) in [5, 5.41) is 8.91. The number of pyridine rings is 1. The number of hydrogen-bond acceptors (Lipinski definition) is 4. The quantitative estimate of drug-likeness (QED) is 0.643. The number of nitrogens with two attached hydrogens (primary N) is 1. The molecule has 1 heterocycles. The summed E-state index contributed by atoms with van der Waals surface area (Å²) >= 11 is 2.11. The Morgan fingerprint density at radius 1 is 1.30 bits per heavy atom. The minimum Gasteiger partial charge on any atom is -0.436 e. The van der Waals surface area contributed by atoms with Crippen LogP contribution in [0, 0.1) is 14.9 Å². The lowest BCUT2D eigenvalue weighted by Crippen LogP contribution is -1.98. The van der Waals surface area contributed by atoms with Crippen molar-refractivity contribution in [3.8, 4) is 17.7 Å². The van der Waals surface area contributed by atoms with Crippen LogP contribution in [-0.2, 0) is 12.8 Å². The summed E-state index contributed by atoms with van der Waals surface area (Å²) in [6.07, 6.45) is 3.26. The Balaban J connectivity index is 1.94. The van der Waals surface area contributed by atoms with Crippen molar-refractivity contribution in [1.29, 1.82) is 5.26 Å². The van der Waals surface area contributed by atoms with Crippen LogP contribution in [0.3, 0.4) is 0 Å². The summed E-state index contributed by atoms with van der Waals surface area (Å²) in [6.45, 7) is 0. The zero-order chi connectivity index (χ0) is 14.1. The number of aromatic nitrogens is 1. The minimum absolute atomic E-state index is 0.454.